The van der Waals surface area contributed by atoms with E-state index in [-0.39, 0.29) is 0 Å². The van der Waals surface area contributed by atoms with E-state index in [1.807, 2.05) is 7.11 Å². The summed E-state index contributed by atoms with van der Waals surface area (Å²) in [5.74, 6) is 4.10. The van der Waals surface area contributed by atoms with Gasteiger partial charge in [0.1, 0.15) is 0 Å². The molecule has 4 fully saturated rings. The summed E-state index contributed by atoms with van der Waals surface area (Å²) in [5, 5.41) is 0. The molecule has 0 aromatic carbocycles. The number of rotatable bonds is 2. The zero-order valence-electron chi connectivity index (χ0n) is 15.1. The lowest BCUT2D eigenvalue weighted by molar-refractivity contribution is -0.583. The highest BCUT2D eigenvalue weighted by atomic mass is 32.3. The van der Waals surface area contributed by atoms with Crippen LogP contribution in [0.25, 0.3) is 0 Å². The Hall–Kier alpha value is -0.690. The molecule has 4 aliphatic rings. The Morgan fingerprint density at radius 2 is 1.54 bits per heavy atom. The van der Waals surface area contributed by atoms with Gasteiger partial charge in [-0.05, 0) is 42.4 Å². The third kappa shape index (κ3) is 5.99. The Balaban J connectivity index is 0.000000368. The van der Waals surface area contributed by atoms with Gasteiger partial charge >= 0.3 is 5.90 Å². The second-order valence-electron chi connectivity index (χ2n) is 9.08. The summed E-state index contributed by atoms with van der Waals surface area (Å²) in [4.78, 5) is 3.86. The first-order chi connectivity index (χ1) is 10.9. The molecule has 5 nitrogen and oxygen atoms in total. The van der Waals surface area contributed by atoms with Gasteiger partial charge in [0.25, 0.3) is 10.5 Å². The second kappa shape index (κ2) is 6.90. The summed E-state index contributed by atoms with van der Waals surface area (Å²) in [6.07, 6.45) is 9.68. The van der Waals surface area contributed by atoms with Crippen LogP contribution in [0.3, 0.4) is 0 Å². The summed E-state index contributed by atoms with van der Waals surface area (Å²) in [7, 11) is -3.59. The predicted molar refractivity (Wildman–Crippen MR) is 88.8 cm³/mol. The summed E-state index contributed by atoms with van der Waals surface area (Å²) >= 11 is 0. The fraction of sp³-hybridized carbons (Fsp3) is 0.941. The minimum atomic E-state index is -5.42. The van der Waals surface area contributed by atoms with Crippen molar-refractivity contribution in [2.45, 2.75) is 71.3 Å². The topological polar surface area (TPSA) is 80.4 Å². The van der Waals surface area contributed by atoms with Crippen molar-refractivity contribution in [3.05, 3.63) is 0 Å². The molecule has 0 aromatic heterocycles. The van der Waals surface area contributed by atoms with Crippen LogP contribution in [0.1, 0.15) is 65.7 Å². The molecular formula is C17H30FNO4S. The summed E-state index contributed by atoms with van der Waals surface area (Å²) in [6, 6.07) is 0. The highest BCUT2D eigenvalue weighted by Crippen LogP contribution is 2.53. The predicted octanol–water partition coefficient (Wildman–Crippen LogP) is 1.93. The van der Waals surface area contributed by atoms with Gasteiger partial charge in [-0.25, -0.2) is 13.4 Å². The quantitative estimate of drug-likeness (QED) is 0.352. The summed E-state index contributed by atoms with van der Waals surface area (Å²) < 4.78 is 41.0. The number of hydrogen-bond donors (Lipinski definition) is 1. The highest BCUT2D eigenvalue weighted by Gasteiger charge is 2.55. The molecule has 4 aliphatic carbocycles. The standard InChI is InChI=1S/C17H29NO.FHO3S/c1-16(2,3)11-15(19-4)18-17-8-12-5-13(9-17)7-14(6-12)10-17;1-5(2,3)4/h12-14H,5-11H2,1-4H3;(H,2,3,4). The Morgan fingerprint density at radius 1 is 1.17 bits per heavy atom. The van der Waals surface area contributed by atoms with Crippen LogP contribution in [0.15, 0.2) is 0 Å². The van der Waals surface area contributed by atoms with Crippen LogP contribution in [0.4, 0.5) is 3.89 Å². The Morgan fingerprint density at radius 3 is 1.83 bits per heavy atom. The third-order valence-corrected chi connectivity index (χ3v) is 5.38. The fourth-order valence-corrected chi connectivity index (χ4v) is 5.21. The van der Waals surface area contributed by atoms with E-state index in [2.05, 4.69) is 25.8 Å². The van der Waals surface area contributed by atoms with Gasteiger partial charge in [-0.3, -0.25) is 0 Å². The fourth-order valence-electron chi connectivity index (χ4n) is 5.21. The maximum Gasteiger partial charge on any atom is 0.335 e. The molecule has 0 aromatic rings. The molecule has 4 bridgehead atoms. The van der Waals surface area contributed by atoms with Gasteiger partial charge in [0.15, 0.2) is 5.54 Å². The summed E-state index contributed by atoms with van der Waals surface area (Å²) in [6.45, 7) is 6.86. The van der Waals surface area contributed by atoms with Crippen molar-refractivity contribution in [3.8, 4) is 0 Å². The zero-order valence-corrected chi connectivity index (χ0v) is 15.9. The molecule has 24 heavy (non-hydrogen) atoms. The molecule has 0 aliphatic heterocycles. The number of halogens is 1. The zero-order chi connectivity index (χ0) is 18.2. The maximum absolute atomic E-state index is 10.1. The molecule has 0 unspecified atom stereocenters. The molecule has 0 saturated heterocycles. The number of ether oxygens (including phenoxy) is 1. The average molecular weight is 363 g/mol. The third-order valence-electron chi connectivity index (χ3n) is 5.38. The lowest BCUT2D eigenvalue weighted by atomic mass is 9.53. The van der Waals surface area contributed by atoms with E-state index in [1.54, 1.807) is 0 Å². The van der Waals surface area contributed by atoms with Gasteiger partial charge in [-0.15, -0.1) is 3.89 Å². The molecule has 140 valence electrons. The largest absolute Gasteiger partial charge is 0.722 e. The summed E-state index contributed by atoms with van der Waals surface area (Å²) in [5.41, 5.74) is 0.673. The van der Waals surface area contributed by atoms with E-state index in [0.717, 1.165) is 30.1 Å². The van der Waals surface area contributed by atoms with Crippen molar-refractivity contribution < 1.29 is 26.6 Å². The van der Waals surface area contributed by atoms with E-state index in [9.17, 15) is 3.89 Å². The molecular weight excluding hydrogens is 333 g/mol. The monoisotopic (exact) mass is 363 g/mol. The van der Waals surface area contributed by atoms with Crippen LogP contribution in [-0.4, -0.2) is 31.5 Å². The first-order valence-corrected chi connectivity index (χ1v) is 10.0. The van der Waals surface area contributed by atoms with Crippen molar-refractivity contribution in [2.75, 3.05) is 7.11 Å². The van der Waals surface area contributed by atoms with Crippen LogP contribution in [-0.2, 0) is 15.2 Å². The van der Waals surface area contributed by atoms with Gasteiger partial charge in [0.2, 0.25) is 0 Å². The minimum Gasteiger partial charge on any atom is -0.722 e. The second-order valence-corrected chi connectivity index (χ2v) is 9.87. The van der Waals surface area contributed by atoms with Crippen molar-refractivity contribution in [1.82, 2.24) is 0 Å². The smallest absolute Gasteiger partial charge is 0.335 e. The molecule has 0 heterocycles. The van der Waals surface area contributed by atoms with E-state index < -0.39 is 10.5 Å². The molecule has 4 rings (SSSR count). The van der Waals surface area contributed by atoms with Gasteiger partial charge < -0.3 is 9.29 Å². The number of hydrogen-bond acceptors (Lipinski definition) is 4. The van der Waals surface area contributed by atoms with E-state index >= 15 is 0 Å². The van der Waals surface area contributed by atoms with Gasteiger partial charge in [0.05, 0.1) is 13.5 Å². The molecule has 0 spiro atoms. The van der Waals surface area contributed by atoms with Crippen LogP contribution >= 0.6 is 0 Å². The molecule has 7 heteroatoms. The molecule has 1 N–H and O–H groups in total. The Kier molecular flexibility index (Phi) is 5.65. The van der Waals surface area contributed by atoms with Crippen molar-refractivity contribution >= 4 is 16.4 Å². The molecule has 0 atom stereocenters. The molecule has 4 saturated carbocycles. The van der Waals surface area contributed by atoms with Crippen molar-refractivity contribution in [2.24, 2.45) is 23.2 Å². The Labute approximate surface area is 145 Å². The molecule has 0 radical (unpaired) electrons. The van der Waals surface area contributed by atoms with Crippen molar-refractivity contribution in [3.63, 3.8) is 0 Å². The Bertz CT molecular complexity index is 537. The molecule has 0 amide bonds. The van der Waals surface area contributed by atoms with Crippen LogP contribution in [0.2, 0.25) is 0 Å². The number of nitrogens with one attached hydrogen (secondary N) is 1. The van der Waals surface area contributed by atoms with Gasteiger partial charge in [0, 0.05) is 19.3 Å². The van der Waals surface area contributed by atoms with Crippen LogP contribution in [0.5, 0.6) is 0 Å². The van der Waals surface area contributed by atoms with E-state index in [0.29, 0.717) is 11.0 Å². The SMILES string of the molecule is COC(CC(C)(C)C)=[NH+]C12CC3CC(CC(C3)C1)C2.O=S(=O)([O-])F. The maximum atomic E-state index is 10.1. The van der Waals surface area contributed by atoms with Crippen LogP contribution < -0.4 is 4.99 Å². The van der Waals surface area contributed by atoms with E-state index in [4.69, 9.17) is 17.7 Å². The van der Waals surface area contributed by atoms with Crippen LogP contribution in [0, 0.1) is 23.2 Å². The average Bonchev–Trinajstić information content (AvgIpc) is 2.31. The van der Waals surface area contributed by atoms with E-state index in [1.165, 1.54) is 38.5 Å². The van der Waals surface area contributed by atoms with Crippen molar-refractivity contribution in [1.29, 1.82) is 0 Å². The van der Waals surface area contributed by atoms with Gasteiger partial charge in [-0.1, -0.05) is 20.8 Å². The first kappa shape index (κ1) is 19.6. The highest BCUT2D eigenvalue weighted by molar-refractivity contribution is 7.80. The van der Waals surface area contributed by atoms with Gasteiger partial charge in [-0.2, -0.15) is 0 Å². The number of methoxy groups -OCH3 is 1. The normalized spacial score (nSPS) is 35.4. The lowest BCUT2D eigenvalue weighted by Gasteiger charge is -2.52. The minimum absolute atomic E-state index is 0.292. The lowest BCUT2D eigenvalue weighted by Crippen LogP contribution is -2.91. The first-order valence-electron chi connectivity index (χ1n) is 8.71.